The van der Waals surface area contributed by atoms with Crippen molar-refractivity contribution in [2.45, 2.75) is 264 Å². The SMILES string of the molecule is CCCCCCCC(=O)O.CCCCCCCCCCCCCCCCCC(O)CCCCCCCCCCCCCCCC. The van der Waals surface area contributed by atoms with Crippen LogP contribution in [0.1, 0.15) is 258 Å². The molecule has 0 aromatic carbocycles. The third-order valence-electron chi connectivity index (χ3n) is 9.53. The van der Waals surface area contributed by atoms with Gasteiger partial charge in [-0.3, -0.25) is 4.79 Å². The molecule has 2 N–H and O–H groups in total. The van der Waals surface area contributed by atoms with Gasteiger partial charge in [0.05, 0.1) is 6.10 Å². The molecule has 0 aromatic rings. The Morgan fingerprint density at radius 1 is 0.356 bits per heavy atom. The van der Waals surface area contributed by atoms with E-state index in [4.69, 9.17) is 5.11 Å². The molecule has 1 unspecified atom stereocenters. The van der Waals surface area contributed by atoms with E-state index in [0.717, 1.165) is 25.7 Å². The Morgan fingerprint density at radius 2 is 0.556 bits per heavy atom. The van der Waals surface area contributed by atoms with Gasteiger partial charge >= 0.3 is 5.97 Å². The van der Waals surface area contributed by atoms with Gasteiger partial charge in [-0.05, 0) is 19.3 Å². The molecule has 0 rings (SSSR count). The summed E-state index contributed by atoms with van der Waals surface area (Å²) in [6, 6.07) is 0. The molecule has 0 bridgehead atoms. The molecule has 0 radical (unpaired) electrons. The van der Waals surface area contributed by atoms with Crippen molar-refractivity contribution in [1.82, 2.24) is 0 Å². The Balaban J connectivity index is 0. The minimum atomic E-state index is -0.670. The van der Waals surface area contributed by atoms with E-state index < -0.39 is 5.97 Å². The van der Waals surface area contributed by atoms with E-state index in [1.165, 1.54) is 205 Å². The van der Waals surface area contributed by atoms with Crippen LogP contribution < -0.4 is 0 Å². The van der Waals surface area contributed by atoms with Gasteiger partial charge < -0.3 is 10.2 Å². The second-order valence-electron chi connectivity index (χ2n) is 14.3. The van der Waals surface area contributed by atoms with Crippen LogP contribution in [0.5, 0.6) is 0 Å². The highest BCUT2D eigenvalue weighted by Crippen LogP contribution is 2.17. The Bertz CT molecular complexity index is 520. The van der Waals surface area contributed by atoms with E-state index in [-0.39, 0.29) is 6.10 Å². The van der Waals surface area contributed by atoms with Gasteiger partial charge in [0.2, 0.25) is 0 Å². The molecule has 0 saturated heterocycles. The highest BCUT2D eigenvalue weighted by molar-refractivity contribution is 5.66. The van der Waals surface area contributed by atoms with Crippen molar-refractivity contribution < 1.29 is 15.0 Å². The van der Waals surface area contributed by atoms with Crippen molar-refractivity contribution in [2.24, 2.45) is 0 Å². The van der Waals surface area contributed by atoms with Gasteiger partial charge in [0.25, 0.3) is 0 Å². The van der Waals surface area contributed by atoms with Gasteiger partial charge in [-0.2, -0.15) is 0 Å². The third kappa shape index (κ3) is 47.9. The largest absolute Gasteiger partial charge is 0.481 e. The van der Waals surface area contributed by atoms with Crippen LogP contribution in [0.2, 0.25) is 0 Å². The third-order valence-corrected chi connectivity index (χ3v) is 9.53. The predicted octanol–water partition coefficient (Wildman–Crippen LogP) is 14.9. The van der Waals surface area contributed by atoms with Crippen molar-refractivity contribution in [3.63, 3.8) is 0 Å². The van der Waals surface area contributed by atoms with E-state index in [2.05, 4.69) is 20.8 Å². The van der Waals surface area contributed by atoms with Gasteiger partial charge in [0.1, 0.15) is 0 Å². The van der Waals surface area contributed by atoms with Crippen molar-refractivity contribution >= 4 is 5.97 Å². The lowest BCUT2D eigenvalue weighted by Gasteiger charge is -2.10. The number of aliphatic carboxylic acids is 1. The van der Waals surface area contributed by atoms with Gasteiger partial charge in [-0.15, -0.1) is 0 Å². The van der Waals surface area contributed by atoms with Crippen molar-refractivity contribution in [1.29, 1.82) is 0 Å². The zero-order chi connectivity index (χ0) is 33.3. The topological polar surface area (TPSA) is 57.5 Å². The summed E-state index contributed by atoms with van der Waals surface area (Å²) >= 11 is 0. The van der Waals surface area contributed by atoms with Gasteiger partial charge in [-0.1, -0.05) is 233 Å². The fourth-order valence-corrected chi connectivity index (χ4v) is 6.35. The zero-order valence-corrected chi connectivity index (χ0v) is 31.5. The fraction of sp³-hybridized carbons (Fsp3) is 0.976. The summed E-state index contributed by atoms with van der Waals surface area (Å²) in [6.45, 7) is 6.74. The number of carboxylic acids is 1. The highest BCUT2D eigenvalue weighted by Gasteiger charge is 2.04. The fourth-order valence-electron chi connectivity index (χ4n) is 6.35. The molecule has 1 atom stereocenters. The molecule has 0 fully saturated rings. The number of carboxylic acid groups (broad SMARTS) is 1. The summed E-state index contributed by atoms with van der Waals surface area (Å²) in [4.78, 5) is 10.0. The summed E-state index contributed by atoms with van der Waals surface area (Å²) in [7, 11) is 0. The first-order valence-corrected chi connectivity index (χ1v) is 21.0. The quantitative estimate of drug-likeness (QED) is 0.0666. The van der Waals surface area contributed by atoms with Crippen LogP contribution in [0, 0.1) is 0 Å². The number of aliphatic hydroxyl groups excluding tert-OH is 1. The molecular weight excluding hydrogens is 552 g/mol. The summed E-state index contributed by atoms with van der Waals surface area (Å²) < 4.78 is 0. The van der Waals surface area contributed by atoms with E-state index in [9.17, 15) is 9.90 Å². The molecular formula is C42H86O3. The number of rotatable bonds is 37. The number of aliphatic hydroxyl groups is 1. The summed E-state index contributed by atoms with van der Waals surface area (Å²) in [6.07, 6.45) is 48.9. The smallest absolute Gasteiger partial charge is 0.303 e. The Labute approximate surface area is 284 Å². The maximum absolute atomic E-state index is 10.2. The Hall–Kier alpha value is -0.570. The van der Waals surface area contributed by atoms with Crippen molar-refractivity contribution in [3.05, 3.63) is 0 Å². The first-order valence-electron chi connectivity index (χ1n) is 21.0. The second-order valence-corrected chi connectivity index (χ2v) is 14.3. The molecule has 0 aromatic heterocycles. The molecule has 0 aliphatic heterocycles. The molecule has 0 aliphatic carbocycles. The summed E-state index contributed by atoms with van der Waals surface area (Å²) in [5.74, 6) is -0.670. The molecule has 0 heterocycles. The van der Waals surface area contributed by atoms with Crippen molar-refractivity contribution in [3.8, 4) is 0 Å². The maximum atomic E-state index is 10.2. The van der Waals surface area contributed by atoms with E-state index in [1.54, 1.807) is 0 Å². The first-order chi connectivity index (χ1) is 22.1. The molecule has 0 aliphatic rings. The number of hydrogen-bond donors (Lipinski definition) is 2. The lowest BCUT2D eigenvalue weighted by Crippen LogP contribution is -2.05. The van der Waals surface area contributed by atoms with Crippen molar-refractivity contribution in [2.75, 3.05) is 0 Å². The Kier molecular flexibility index (Phi) is 44.9. The van der Waals surface area contributed by atoms with Gasteiger partial charge in [0, 0.05) is 6.42 Å². The number of hydrogen-bond acceptors (Lipinski definition) is 2. The lowest BCUT2D eigenvalue weighted by atomic mass is 10.0. The number of carbonyl (C=O) groups is 1. The first kappa shape index (κ1) is 46.5. The lowest BCUT2D eigenvalue weighted by molar-refractivity contribution is -0.137. The minimum Gasteiger partial charge on any atom is -0.481 e. The van der Waals surface area contributed by atoms with E-state index >= 15 is 0 Å². The molecule has 0 spiro atoms. The van der Waals surface area contributed by atoms with Crippen LogP contribution >= 0.6 is 0 Å². The van der Waals surface area contributed by atoms with Crippen LogP contribution in [0.15, 0.2) is 0 Å². The number of unbranched alkanes of at least 4 members (excludes halogenated alkanes) is 31. The minimum absolute atomic E-state index is 0.0331. The second kappa shape index (κ2) is 43.4. The summed E-state index contributed by atoms with van der Waals surface area (Å²) in [5.41, 5.74) is 0. The van der Waals surface area contributed by atoms with Crippen LogP contribution in [0.25, 0.3) is 0 Å². The average Bonchev–Trinajstić information content (AvgIpc) is 3.03. The van der Waals surface area contributed by atoms with Gasteiger partial charge in [0.15, 0.2) is 0 Å². The molecule has 45 heavy (non-hydrogen) atoms. The molecule has 272 valence electrons. The summed E-state index contributed by atoms with van der Waals surface area (Å²) in [5, 5.41) is 18.5. The molecule has 0 amide bonds. The maximum Gasteiger partial charge on any atom is 0.303 e. The molecule has 3 heteroatoms. The van der Waals surface area contributed by atoms with Crippen LogP contribution in [0.4, 0.5) is 0 Å². The Morgan fingerprint density at radius 3 is 0.778 bits per heavy atom. The zero-order valence-electron chi connectivity index (χ0n) is 31.5. The highest BCUT2D eigenvalue weighted by atomic mass is 16.4. The van der Waals surface area contributed by atoms with Crippen LogP contribution in [-0.4, -0.2) is 22.3 Å². The normalized spacial score (nSPS) is 11.8. The van der Waals surface area contributed by atoms with Gasteiger partial charge in [-0.25, -0.2) is 0 Å². The monoisotopic (exact) mass is 639 g/mol. The standard InChI is InChI=1S/C34H70O.C8H16O2/c1-3-5-7-9-11-13-15-17-19-21-23-25-27-29-31-33-34(35)32-30-28-26-24-22-20-18-16-14-12-10-8-6-4-2;1-2-3-4-5-6-7-8(9)10/h34-35H,3-33H2,1-2H3;2-7H2,1H3,(H,9,10). The molecule has 3 nitrogen and oxygen atoms in total. The van der Waals surface area contributed by atoms with Crippen LogP contribution in [0.3, 0.4) is 0 Å². The average molecular weight is 639 g/mol. The molecule has 0 saturated carbocycles. The van der Waals surface area contributed by atoms with Crippen LogP contribution in [-0.2, 0) is 4.79 Å². The van der Waals surface area contributed by atoms with E-state index in [0.29, 0.717) is 6.42 Å². The predicted molar refractivity (Wildman–Crippen MR) is 201 cm³/mol. The van der Waals surface area contributed by atoms with E-state index in [1.807, 2.05) is 0 Å².